The lowest BCUT2D eigenvalue weighted by atomic mass is 10.2. The van der Waals surface area contributed by atoms with Crippen molar-refractivity contribution in [3.63, 3.8) is 0 Å². The number of hydrogen-bond acceptors (Lipinski definition) is 5. The molecular weight excluding hydrogens is 256 g/mol. The third-order valence-corrected chi connectivity index (χ3v) is 3.36. The largest absolute Gasteiger partial charge is 0.360 e. The normalized spacial score (nSPS) is 9.21. The minimum Gasteiger partial charge on any atom is -0.360 e. The van der Waals surface area contributed by atoms with Crippen molar-refractivity contribution < 1.29 is 0 Å². The lowest BCUT2D eigenvalue weighted by Gasteiger charge is -2.02. The van der Waals surface area contributed by atoms with Gasteiger partial charge in [0.1, 0.15) is 22.7 Å². The second-order valence-corrected chi connectivity index (χ2v) is 4.66. The molecule has 1 heterocycles. The summed E-state index contributed by atoms with van der Waals surface area (Å²) in [7, 11) is 0. The van der Waals surface area contributed by atoms with Crippen LogP contribution in [0.2, 0.25) is 0 Å². The zero-order valence-electron chi connectivity index (χ0n) is 10.2. The molecule has 0 atom stereocenters. The third-order valence-electron chi connectivity index (χ3n) is 2.35. The molecule has 1 aromatic carbocycles. The second kappa shape index (κ2) is 5.81. The van der Waals surface area contributed by atoms with Crippen LogP contribution >= 0.6 is 11.3 Å². The minimum atomic E-state index is 0.0375. The SMILES string of the molecule is Cc1csc(-c2cccc(NC=C(C#N)C#N)c2)n1. The molecule has 4 nitrogen and oxygen atoms in total. The van der Waals surface area contributed by atoms with E-state index in [-0.39, 0.29) is 5.57 Å². The molecule has 19 heavy (non-hydrogen) atoms. The van der Waals surface area contributed by atoms with E-state index in [1.54, 1.807) is 23.5 Å². The van der Waals surface area contributed by atoms with Gasteiger partial charge in [-0.15, -0.1) is 11.3 Å². The van der Waals surface area contributed by atoms with Crippen LogP contribution in [0.3, 0.4) is 0 Å². The highest BCUT2D eigenvalue weighted by molar-refractivity contribution is 7.13. The van der Waals surface area contributed by atoms with Gasteiger partial charge in [0.2, 0.25) is 0 Å². The van der Waals surface area contributed by atoms with Gasteiger partial charge in [-0.2, -0.15) is 10.5 Å². The molecule has 5 heteroatoms. The molecule has 1 N–H and O–H groups in total. The zero-order chi connectivity index (χ0) is 13.7. The van der Waals surface area contributed by atoms with Gasteiger partial charge in [0.15, 0.2) is 0 Å². The van der Waals surface area contributed by atoms with Crippen LogP contribution in [-0.2, 0) is 0 Å². The monoisotopic (exact) mass is 266 g/mol. The van der Waals surface area contributed by atoms with Crippen molar-refractivity contribution in [2.45, 2.75) is 6.92 Å². The molecule has 0 aliphatic rings. The van der Waals surface area contributed by atoms with Gasteiger partial charge < -0.3 is 5.32 Å². The molecule has 0 aliphatic carbocycles. The van der Waals surface area contributed by atoms with Crippen LogP contribution in [-0.4, -0.2) is 4.98 Å². The smallest absolute Gasteiger partial charge is 0.145 e. The minimum absolute atomic E-state index is 0.0375. The van der Waals surface area contributed by atoms with E-state index in [0.29, 0.717) is 0 Å². The van der Waals surface area contributed by atoms with Crippen molar-refractivity contribution in [3.05, 3.63) is 47.1 Å². The summed E-state index contributed by atoms with van der Waals surface area (Å²) in [5.74, 6) is 0. The van der Waals surface area contributed by atoms with Gasteiger partial charge in [-0.3, -0.25) is 0 Å². The standard InChI is InChI=1S/C14H10N4S/c1-10-9-19-14(18-10)12-3-2-4-13(5-12)17-8-11(6-15)7-16/h2-5,8-9,17H,1H3. The molecule has 0 spiro atoms. The predicted octanol–water partition coefficient (Wildman–Crippen LogP) is 3.46. The average Bonchev–Trinajstić information content (AvgIpc) is 2.87. The van der Waals surface area contributed by atoms with Gasteiger partial charge in [-0.25, -0.2) is 4.98 Å². The third kappa shape index (κ3) is 3.19. The molecule has 0 saturated heterocycles. The second-order valence-electron chi connectivity index (χ2n) is 3.80. The fraction of sp³-hybridized carbons (Fsp3) is 0.0714. The number of anilines is 1. The number of rotatable bonds is 3. The molecule has 0 radical (unpaired) electrons. The molecule has 0 saturated carbocycles. The summed E-state index contributed by atoms with van der Waals surface area (Å²) >= 11 is 1.59. The lowest BCUT2D eigenvalue weighted by molar-refractivity contribution is 1.27. The molecule has 2 aromatic rings. The molecule has 0 amide bonds. The first-order valence-electron chi connectivity index (χ1n) is 5.52. The molecule has 0 bridgehead atoms. The van der Waals surface area contributed by atoms with E-state index in [2.05, 4.69) is 10.3 Å². The number of nitriles is 2. The Bertz CT molecular complexity index is 685. The molecular formula is C14H10N4S. The molecule has 0 unspecified atom stereocenters. The van der Waals surface area contributed by atoms with Crippen LogP contribution in [0, 0.1) is 29.6 Å². The number of allylic oxidation sites excluding steroid dienone is 1. The number of hydrogen-bond donors (Lipinski definition) is 1. The Kier molecular flexibility index (Phi) is 3.92. The Balaban J connectivity index is 2.24. The number of nitrogens with one attached hydrogen (secondary N) is 1. The summed E-state index contributed by atoms with van der Waals surface area (Å²) in [4.78, 5) is 4.42. The first-order chi connectivity index (χ1) is 9.22. The molecule has 1 aromatic heterocycles. The average molecular weight is 266 g/mol. The van der Waals surface area contributed by atoms with E-state index in [1.807, 2.05) is 36.6 Å². The van der Waals surface area contributed by atoms with Crippen LogP contribution in [0.5, 0.6) is 0 Å². The van der Waals surface area contributed by atoms with Crippen LogP contribution in [0.4, 0.5) is 5.69 Å². The van der Waals surface area contributed by atoms with Crippen LogP contribution in [0.25, 0.3) is 10.6 Å². The van der Waals surface area contributed by atoms with Crippen molar-refractivity contribution in [2.24, 2.45) is 0 Å². The highest BCUT2D eigenvalue weighted by Crippen LogP contribution is 2.25. The van der Waals surface area contributed by atoms with Gasteiger partial charge in [0, 0.05) is 28.5 Å². The van der Waals surface area contributed by atoms with E-state index in [9.17, 15) is 0 Å². The molecule has 0 aliphatic heterocycles. The van der Waals surface area contributed by atoms with Crippen LogP contribution in [0.1, 0.15) is 5.69 Å². The molecule has 2 rings (SSSR count). The van der Waals surface area contributed by atoms with E-state index >= 15 is 0 Å². The van der Waals surface area contributed by atoms with Gasteiger partial charge >= 0.3 is 0 Å². The molecule has 92 valence electrons. The first kappa shape index (κ1) is 12.8. The predicted molar refractivity (Wildman–Crippen MR) is 75.2 cm³/mol. The zero-order valence-corrected chi connectivity index (χ0v) is 11.0. The highest BCUT2D eigenvalue weighted by atomic mass is 32.1. The lowest BCUT2D eigenvalue weighted by Crippen LogP contribution is -1.90. The van der Waals surface area contributed by atoms with E-state index < -0.39 is 0 Å². The van der Waals surface area contributed by atoms with Crippen molar-refractivity contribution in [1.82, 2.24) is 4.98 Å². The summed E-state index contributed by atoms with van der Waals surface area (Å²) in [6.07, 6.45) is 1.40. The fourth-order valence-electron chi connectivity index (χ4n) is 1.47. The van der Waals surface area contributed by atoms with Gasteiger partial charge in [-0.05, 0) is 19.1 Å². The van der Waals surface area contributed by atoms with Crippen molar-refractivity contribution in [1.29, 1.82) is 10.5 Å². The van der Waals surface area contributed by atoms with E-state index in [4.69, 9.17) is 10.5 Å². The van der Waals surface area contributed by atoms with Gasteiger partial charge in [-0.1, -0.05) is 12.1 Å². The summed E-state index contributed by atoms with van der Waals surface area (Å²) in [5, 5.41) is 23.2. The maximum Gasteiger partial charge on any atom is 0.145 e. The van der Waals surface area contributed by atoms with E-state index in [0.717, 1.165) is 22.0 Å². The Morgan fingerprint density at radius 1 is 1.37 bits per heavy atom. The maximum absolute atomic E-state index is 8.65. The Morgan fingerprint density at radius 3 is 2.79 bits per heavy atom. The number of aromatic nitrogens is 1. The Labute approximate surface area is 115 Å². The highest BCUT2D eigenvalue weighted by Gasteiger charge is 2.03. The summed E-state index contributed by atoms with van der Waals surface area (Å²) < 4.78 is 0. The fourth-order valence-corrected chi connectivity index (χ4v) is 2.27. The van der Waals surface area contributed by atoms with Crippen molar-refractivity contribution in [2.75, 3.05) is 5.32 Å². The summed E-state index contributed by atoms with van der Waals surface area (Å²) in [6.45, 7) is 1.96. The van der Waals surface area contributed by atoms with Crippen molar-refractivity contribution >= 4 is 17.0 Å². The number of benzene rings is 1. The number of aryl methyl sites for hydroxylation is 1. The van der Waals surface area contributed by atoms with E-state index in [1.165, 1.54) is 6.20 Å². The quantitative estimate of drug-likeness (QED) is 0.863. The topological polar surface area (TPSA) is 72.5 Å². The Morgan fingerprint density at radius 2 is 2.16 bits per heavy atom. The maximum atomic E-state index is 8.65. The summed E-state index contributed by atoms with van der Waals surface area (Å²) in [6, 6.07) is 11.3. The van der Waals surface area contributed by atoms with Crippen LogP contribution in [0.15, 0.2) is 41.4 Å². The van der Waals surface area contributed by atoms with Gasteiger partial charge in [0.25, 0.3) is 0 Å². The van der Waals surface area contributed by atoms with Crippen molar-refractivity contribution in [3.8, 4) is 22.7 Å². The van der Waals surface area contributed by atoms with Gasteiger partial charge in [0.05, 0.1) is 0 Å². The number of nitrogens with zero attached hydrogens (tertiary/aromatic N) is 3. The summed E-state index contributed by atoms with van der Waals surface area (Å²) in [5.41, 5.74) is 2.85. The molecule has 0 fully saturated rings. The van der Waals surface area contributed by atoms with Crippen LogP contribution < -0.4 is 5.32 Å². The Hall–Kier alpha value is -2.63. The first-order valence-corrected chi connectivity index (χ1v) is 6.40. The number of thiazole rings is 1.